The summed E-state index contributed by atoms with van der Waals surface area (Å²) in [5.74, 6) is 2.76. The highest BCUT2D eigenvalue weighted by Gasteiger charge is 2.29. The van der Waals surface area contributed by atoms with Crippen LogP contribution in [0, 0.1) is 11.8 Å². The molecule has 3 rings (SSSR count). The SMILES string of the molecule is CC(C)Cc1nc(CN(C)C(=O)[C@@H]2CCCN(Cc3ccco3)C2)no1. The standard InChI is InChI=1S/C19H28N4O3/c1-14(2)10-18-20-17(21-26-18)13-22(3)19(24)15-6-4-8-23(11-15)12-16-7-5-9-25-16/h5,7,9,14-15H,4,6,8,10-13H2,1-3H3/t15-/m1/s1. The molecule has 0 radical (unpaired) electrons. The molecule has 7 nitrogen and oxygen atoms in total. The number of aromatic nitrogens is 2. The van der Waals surface area contributed by atoms with E-state index in [9.17, 15) is 4.79 Å². The van der Waals surface area contributed by atoms with E-state index >= 15 is 0 Å². The zero-order chi connectivity index (χ0) is 18.5. The molecule has 0 aromatic carbocycles. The molecule has 1 amide bonds. The third kappa shape index (κ3) is 4.94. The van der Waals surface area contributed by atoms with Crippen LogP contribution in [0.5, 0.6) is 0 Å². The number of likely N-dealkylation sites (tertiary alicyclic amines) is 1. The Hall–Kier alpha value is -2.15. The molecule has 1 fully saturated rings. The third-order valence-corrected chi connectivity index (χ3v) is 4.66. The molecule has 1 aliphatic heterocycles. The van der Waals surface area contributed by atoms with Gasteiger partial charge in [-0.1, -0.05) is 19.0 Å². The van der Waals surface area contributed by atoms with Gasteiger partial charge in [0.15, 0.2) is 5.82 Å². The van der Waals surface area contributed by atoms with Gasteiger partial charge in [0.05, 0.1) is 25.3 Å². The van der Waals surface area contributed by atoms with E-state index in [0.29, 0.717) is 24.2 Å². The maximum absolute atomic E-state index is 12.8. The molecule has 1 aliphatic rings. The second-order valence-electron chi connectivity index (χ2n) is 7.55. The summed E-state index contributed by atoms with van der Waals surface area (Å²) in [6, 6.07) is 3.87. The maximum Gasteiger partial charge on any atom is 0.227 e. The lowest BCUT2D eigenvalue weighted by Gasteiger charge is -2.33. The number of hydrogen-bond acceptors (Lipinski definition) is 6. The van der Waals surface area contributed by atoms with Crippen molar-refractivity contribution in [1.82, 2.24) is 19.9 Å². The van der Waals surface area contributed by atoms with Crippen LogP contribution < -0.4 is 0 Å². The summed E-state index contributed by atoms with van der Waals surface area (Å²) in [6.45, 7) is 7.11. The number of furan rings is 1. The van der Waals surface area contributed by atoms with Gasteiger partial charge in [0, 0.05) is 20.0 Å². The summed E-state index contributed by atoms with van der Waals surface area (Å²) in [5.41, 5.74) is 0. The molecule has 1 saturated heterocycles. The van der Waals surface area contributed by atoms with Crippen LogP contribution in [-0.4, -0.2) is 46.0 Å². The fourth-order valence-electron chi connectivity index (χ4n) is 3.41. The predicted octanol–water partition coefficient (Wildman–Crippen LogP) is 2.73. The van der Waals surface area contributed by atoms with Gasteiger partial charge in [-0.25, -0.2) is 0 Å². The first-order valence-corrected chi connectivity index (χ1v) is 9.32. The van der Waals surface area contributed by atoms with Crippen molar-refractivity contribution >= 4 is 5.91 Å². The van der Waals surface area contributed by atoms with E-state index in [4.69, 9.17) is 8.94 Å². The number of nitrogens with zero attached hydrogens (tertiary/aromatic N) is 4. The van der Waals surface area contributed by atoms with Crippen LogP contribution in [0.25, 0.3) is 0 Å². The monoisotopic (exact) mass is 360 g/mol. The quantitative estimate of drug-likeness (QED) is 0.756. The zero-order valence-electron chi connectivity index (χ0n) is 15.9. The summed E-state index contributed by atoms with van der Waals surface area (Å²) in [5, 5.41) is 4.00. The van der Waals surface area contributed by atoms with Crippen molar-refractivity contribution < 1.29 is 13.7 Å². The second-order valence-corrected chi connectivity index (χ2v) is 7.55. The smallest absolute Gasteiger partial charge is 0.227 e. The maximum atomic E-state index is 12.8. The number of amides is 1. The van der Waals surface area contributed by atoms with Gasteiger partial charge in [0.1, 0.15) is 5.76 Å². The molecular formula is C19H28N4O3. The van der Waals surface area contributed by atoms with Crippen molar-refractivity contribution in [2.75, 3.05) is 20.1 Å². The van der Waals surface area contributed by atoms with Crippen molar-refractivity contribution in [3.05, 3.63) is 35.9 Å². The van der Waals surface area contributed by atoms with Crippen molar-refractivity contribution in [1.29, 1.82) is 0 Å². The van der Waals surface area contributed by atoms with Crippen LogP contribution in [0.2, 0.25) is 0 Å². The molecule has 0 unspecified atom stereocenters. The molecule has 142 valence electrons. The van der Waals surface area contributed by atoms with Crippen LogP contribution in [0.4, 0.5) is 0 Å². The van der Waals surface area contributed by atoms with Gasteiger partial charge < -0.3 is 13.8 Å². The van der Waals surface area contributed by atoms with E-state index in [1.54, 1.807) is 11.2 Å². The molecular weight excluding hydrogens is 332 g/mol. The predicted molar refractivity (Wildman–Crippen MR) is 96.0 cm³/mol. The summed E-state index contributed by atoms with van der Waals surface area (Å²) < 4.78 is 10.7. The molecule has 1 atom stereocenters. The first kappa shape index (κ1) is 18.6. The lowest BCUT2D eigenvalue weighted by Crippen LogP contribution is -2.43. The summed E-state index contributed by atoms with van der Waals surface area (Å²) >= 11 is 0. The molecule has 3 heterocycles. The topological polar surface area (TPSA) is 75.6 Å². The van der Waals surface area contributed by atoms with Crippen molar-refractivity contribution in [3.63, 3.8) is 0 Å². The number of rotatable bonds is 7. The molecule has 0 aliphatic carbocycles. The van der Waals surface area contributed by atoms with Crippen LogP contribution >= 0.6 is 0 Å². The number of carbonyl (C=O) groups is 1. The van der Waals surface area contributed by atoms with Gasteiger partial charge in [-0.3, -0.25) is 9.69 Å². The summed E-state index contributed by atoms with van der Waals surface area (Å²) in [4.78, 5) is 21.2. The van der Waals surface area contributed by atoms with Crippen LogP contribution in [0.3, 0.4) is 0 Å². The molecule has 26 heavy (non-hydrogen) atoms. The minimum absolute atomic E-state index is 0.00532. The highest BCUT2D eigenvalue weighted by molar-refractivity contribution is 5.78. The minimum atomic E-state index is 0.00532. The molecule has 0 spiro atoms. The van der Waals surface area contributed by atoms with E-state index in [2.05, 4.69) is 28.9 Å². The Morgan fingerprint density at radius 3 is 3.04 bits per heavy atom. The zero-order valence-corrected chi connectivity index (χ0v) is 15.9. The number of hydrogen-bond donors (Lipinski definition) is 0. The fraction of sp³-hybridized carbons (Fsp3) is 0.632. The average Bonchev–Trinajstić information content (AvgIpc) is 3.26. The van der Waals surface area contributed by atoms with Crippen molar-refractivity contribution in [2.24, 2.45) is 11.8 Å². The molecule has 2 aromatic rings. The molecule has 0 bridgehead atoms. The van der Waals surface area contributed by atoms with Gasteiger partial charge >= 0.3 is 0 Å². The van der Waals surface area contributed by atoms with Gasteiger partial charge in [-0.2, -0.15) is 4.98 Å². The van der Waals surface area contributed by atoms with E-state index in [0.717, 1.165) is 44.7 Å². The van der Waals surface area contributed by atoms with Crippen molar-refractivity contribution in [3.8, 4) is 0 Å². The summed E-state index contributed by atoms with van der Waals surface area (Å²) in [7, 11) is 1.81. The van der Waals surface area contributed by atoms with E-state index in [1.165, 1.54) is 0 Å². The molecule has 2 aromatic heterocycles. The highest BCUT2D eigenvalue weighted by Crippen LogP contribution is 2.21. The van der Waals surface area contributed by atoms with Gasteiger partial charge in [0.25, 0.3) is 0 Å². The van der Waals surface area contributed by atoms with Crippen molar-refractivity contribution in [2.45, 2.75) is 46.2 Å². The Bertz CT molecular complexity index is 695. The average molecular weight is 360 g/mol. The number of piperidine rings is 1. The van der Waals surface area contributed by atoms with E-state index in [1.807, 2.05) is 19.2 Å². The first-order valence-electron chi connectivity index (χ1n) is 9.32. The normalized spacial score (nSPS) is 18.4. The van der Waals surface area contributed by atoms with Crippen LogP contribution in [-0.2, 0) is 24.3 Å². The van der Waals surface area contributed by atoms with Gasteiger partial charge in [-0.15, -0.1) is 0 Å². The number of carbonyl (C=O) groups excluding carboxylic acids is 1. The largest absolute Gasteiger partial charge is 0.468 e. The highest BCUT2D eigenvalue weighted by atomic mass is 16.5. The van der Waals surface area contributed by atoms with Crippen LogP contribution in [0.1, 0.15) is 44.2 Å². The Morgan fingerprint density at radius 2 is 2.31 bits per heavy atom. The Balaban J connectivity index is 1.53. The Kier molecular flexibility index (Phi) is 6.08. The third-order valence-electron chi connectivity index (χ3n) is 4.66. The Morgan fingerprint density at radius 1 is 1.46 bits per heavy atom. The van der Waals surface area contributed by atoms with E-state index in [-0.39, 0.29) is 11.8 Å². The molecule has 0 saturated carbocycles. The lowest BCUT2D eigenvalue weighted by atomic mass is 9.96. The molecule has 7 heteroatoms. The fourth-order valence-corrected chi connectivity index (χ4v) is 3.41. The van der Waals surface area contributed by atoms with E-state index < -0.39 is 0 Å². The second kappa shape index (κ2) is 8.49. The first-order chi connectivity index (χ1) is 12.5. The van der Waals surface area contributed by atoms with Gasteiger partial charge in [0.2, 0.25) is 11.8 Å². The van der Waals surface area contributed by atoms with Gasteiger partial charge in [-0.05, 0) is 37.4 Å². The minimum Gasteiger partial charge on any atom is -0.468 e. The molecule has 0 N–H and O–H groups in total. The lowest BCUT2D eigenvalue weighted by molar-refractivity contribution is -0.136. The van der Waals surface area contributed by atoms with Crippen LogP contribution in [0.15, 0.2) is 27.3 Å². The Labute approximate surface area is 154 Å². The summed E-state index contributed by atoms with van der Waals surface area (Å²) in [6.07, 6.45) is 4.39.